The third-order valence-electron chi connectivity index (χ3n) is 5.58. The van der Waals surface area contributed by atoms with Crippen LogP contribution >= 0.6 is 0 Å². The maximum Gasteiger partial charge on any atom is -0.0289 e. The molecule has 0 N–H and O–H groups in total. The standard InChI is InChI=1S/C15H24/c1-10-3-5-12(9-10)14-7-8-15(14)13-6-4-11(13)2/h3,11-15H,4-9H2,1-2H3. The van der Waals surface area contributed by atoms with E-state index in [0.29, 0.717) is 0 Å². The van der Waals surface area contributed by atoms with Crippen LogP contribution < -0.4 is 0 Å². The Bertz CT molecular complexity index is 276. The number of allylic oxidation sites excluding steroid dienone is 2. The molecule has 0 heteroatoms. The van der Waals surface area contributed by atoms with Crippen LogP contribution in [0, 0.1) is 29.6 Å². The van der Waals surface area contributed by atoms with Crippen LogP contribution in [0.4, 0.5) is 0 Å². The predicted molar refractivity (Wildman–Crippen MR) is 64.6 cm³/mol. The summed E-state index contributed by atoms with van der Waals surface area (Å²) in [5.41, 5.74) is 1.66. The summed E-state index contributed by atoms with van der Waals surface area (Å²) in [6, 6.07) is 0. The maximum atomic E-state index is 2.49. The highest BCUT2D eigenvalue weighted by Gasteiger charge is 2.45. The molecule has 3 aliphatic carbocycles. The second-order valence-electron chi connectivity index (χ2n) is 6.37. The Hall–Kier alpha value is -0.260. The maximum absolute atomic E-state index is 2.49. The first-order valence-electron chi connectivity index (χ1n) is 6.91. The van der Waals surface area contributed by atoms with Gasteiger partial charge in [-0.1, -0.05) is 25.0 Å². The van der Waals surface area contributed by atoms with Crippen molar-refractivity contribution < 1.29 is 0 Å². The fourth-order valence-corrected chi connectivity index (χ4v) is 4.26. The summed E-state index contributed by atoms with van der Waals surface area (Å²) in [7, 11) is 0. The summed E-state index contributed by atoms with van der Waals surface area (Å²) in [6.45, 7) is 4.79. The van der Waals surface area contributed by atoms with Gasteiger partial charge < -0.3 is 0 Å². The number of rotatable bonds is 2. The van der Waals surface area contributed by atoms with Crippen LogP contribution in [0.15, 0.2) is 11.6 Å². The Labute approximate surface area is 94.1 Å². The Balaban J connectivity index is 1.59. The third kappa shape index (κ3) is 1.57. The first kappa shape index (κ1) is 9.93. The van der Waals surface area contributed by atoms with E-state index in [2.05, 4.69) is 19.9 Å². The summed E-state index contributed by atoms with van der Waals surface area (Å²) in [5.74, 6) is 5.43. The van der Waals surface area contributed by atoms with Crippen molar-refractivity contribution in [1.82, 2.24) is 0 Å². The molecular weight excluding hydrogens is 180 g/mol. The van der Waals surface area contributed by atoms with Gasteiger partial charge in [0.25, 0.3) is 0 Å². The van der Waals surface area contributed by atoms with Gasteiger partial charge in [-0.15, -0.1) is 0 Å². The van der Waals surface area contributed by atoms with Gasteiger partial charge in [0.05, 0.1) is 0 Å². The molecule has 0 aromatic carbocycles. The Kier molecular flexibility index (Phi) is 2.41. The minimum atomic E-state index is 1.04. The first-order valence-corrected chi connectivity index (χ1v) is 6.91. The highest BCUT2D eigenvalue weighted by molar-refractivity contribution is 5.10. The zero-order valence-electron chi connectivity index (χ0n) is 10.2. The zero-order valence-corrected chi connectivity index (χ0v) is 10.2. The van der Waals surface area contributed by atoms with E-state index in [0.717, 1.165) is 29.6 Å². The molecule has 0 heterocycles. The van der Waals surface area contributed by atoms with E-state index in [9.17, 15) is 0 Å². The molecule has 3 rings (SSSR count). The van der Waals surface area contributed by atoms with Crippen molar-refractivity contribution in [3.63, 3.8) is 0 Å². The van der Waals surface area contributed by atoms with Gasteiger partial charge in [0.2, 0.25) is 0 Å². The lowest BCUT2D eigenvalue weighted by atomic mass is 9.54. The molecule has 0 saturated heterocycles. The topological polar surface area (TPSA) is 0 Å². The molecule has 0 aromatic rings. The molecule has 5 atom stereocenters. The van der Waals surface area contributed by atoms with Crippen molar-refractivity contribution in [2.24, 2.45) is 29.6 Å². The minimum absolute atomic E-state index is 1.04. The molecule has 0 radical (unpaired) electrons. The van der Waals surface area contributed by atoms with Crippen LogP contribution in [-0.2, 0) is 0 Å². The molecule has 2 saturated carbocycles. The van der Waals surface area contributed by atoms with Crippen molar-refractivity contribution in [2.45, 2.75) is 52.4 Å². The van der Waals surface area contributed by atoms with Gasteiger partial charge in [-0.2, -0.15) is 0 Å². The average Bonchev–Trinajstić information content (AvgIpc) is 2.56. The molecule has 0 nitrogen and oxygen atoms in total. The molecule has 2 fully saturated rings. The summed E-state index contributed by atoms with van der Waals surface area (Å²) in [6.07, 6.45) is 11.5. The van der Waals surface area contributed by atoms with Crippen LogP contribution in [-0.4, -0.2) is 0 Å². The first-order chi connectivity index (χ1) is 7.25. The van der Waals surface area contributed by atoms with Gasteiger partial charge in [0.1, 0.15) is 0 Å². The molecule has 0 aliphatic heterocycles. The molecule has 84 valence electrons. The van der Waals surface area contributed by atoms with Gasteiger partial charge >= 0.3 is 0 Å². The molecule has 15 heavy (non-hydrogen) atoms. The van der Waals surface area contributed by atoms with Gasteiger partial charge in [-0.3, -0.25) is 0 Å². The average molecular weight is 204 g/mol. The highest BCUT2D eigenvalue weighted by Crippen LogP contribution is 2.54. The van der Waals surface area contributed by atoms with Crippen molar-refractivity contribution in [3.8, 4) is 0 Å². The number of hydrogen-bond acceptors (Lipinski definition) is 0. The molecule has 0 bridgehead atoms. The molecule has 3 aliphatic rings. The lowest BCUT2D eigenvalue weighted by Crippen LogP contribution is -2.43. The SMILES string of the molecule is CC1=CCC(C2CCC2C2CCC2C)C1. The molecule has 0 amide bonds. The second kappa shape index (κ2) is 3.64. The van der Waals surface area contributed by atoms with Crippen molar-refractivity contribution in [2.75, 3.05) is 0 Å². The Morgan fingerprint density at radius 3 is 2.13 bits per heavy atom. The van der Waals surface area contributed by atoms with Crippen LogP contribution in [0.1, 0.15) is 52.4 Å². The summed E-state index contributed by atoms with van der Waals surface area (Å²) < 4.78 is 0. The van der Waals surface area contributed by atoms with Gasteiger partial charge in [0, 0.05) is 0 Å². The summed E-state index contributed by atoms with van der Waals surface area (Å²) in [4.78, 5) is 0. The zero-order chi connectivity index (χ0) is 10.4. The van der Waals surface area contributed by atoms with Crippen LogP contribution in [0.25, 0.3) is 0 Å². The fourth-order valence-electron chi connectivity index (χ4n) is 4.26. The minimum Gasteiger partial charge on any atom is -0.0853 e. The largest absolute Gasteiger partial charge is 0.0853 e. The van der Waals surface area contributed by atoms with Gasteiger partial charge in [-0.25, -0.2) is 0 Å². The van der Waals surface area contributed by atoms with Crippen molar-refractivity contribution in [1.29, 1.82) is 0 Å². The summed E-state index contributed by atoms with van der Waals surface area (Å²) in [5, 5.41) is 0. The van der Waals surface area contributed by atoms with E-state index in [1.807, 2.05) is 0 Å². The van der Waals surface area contributed by atoms with Crippen LogP contribution in [0.5, 0.6) is 0 Å². The molecule has 0 spiro atoms. The van der Waals surface area contributed by atoms with E-state index in [-0.39, 0.29) is 0 Å². The van der Waals surface area contributed by atoms with Crippen molar-refractivity contribution >= 4 is 0 Å². The quantitative estimate of drug-likeness (QED) is 0.584. The third-order valence-corrected chi connectivity index (χ3v) is 5.58. The molecule has 5 unspecified atom stereocenters. The summed E-state index contributed by atoms with van der Waals surface area (Å²) >= 11 is 0. The van der Waals surface area contributed by atoms with E-state index in [4.69, 9.17) is 0 Å². The number of hydrogen-bond donors (Lipinski definition) is 0. The predicted octanol–water partition coefficient (Wildman–Crippen LogP) is 4.42. The smallest absolute Gasteiger partial charge is 0.0289 e. The van der Waals surface area contributed by atoms with E-state index in [1.54, 1.807) is 24.8 Å². The van der Waals surface area contributed by atoms with Gasteiger partial charge in [-0.05, 0) is 68.6 Å². The Morgan fingerprint density at radius 2 is 1.73 bits per heavy atom. The normalized spacial score (nSPS) is 49.5. The molecular formula is C15H24. The van der Waals surface area contributed by atoms with Crippen molar-refractivity contribution in [3.05, 3.63) is 11.6 Å². The van der Waals surface area contributed by atoms with Crippen LogP contribution in [0.2, 0.25) is 0 Å². The van der Waals surface area contributed by atoms with E-state index >= 15 is 0 Å². The van der Waals surface area contributed by atoms with Gasteiger partial charge in [0.15, 0.2) is 0 Å². The van der Waals surface area contributed by atoms with E-state index < -0.39 is 0 Å². The van der Waals surface area contributed by atoms with Crippen LogP contribution in [0.3, 0.4) is 0 Å². The van der Waals surface area contributed by atoms with E-state index in [1.165, 1.54) is 19.3 Å². The molecule has 0 aromatic heterocycles. The fraction of sp³-hybridized carbons (Fsp3) is 0.867. The highest BCUT2D eigenvalue weighted by atomic mass is 14.5. The lowest BCUT2D eigenvalue weighted by molar-refractivity contribution is -0.0134. The second-order valence-corrected chi connectivity index (χ2v) is 6.37. The monoisotopic (exact) mass is 204 g/mol. The Morgan fingerprint density at radius 1 is 1.00 bits per heavy atom. The lowest BCUT2D eigenvalue weighted by Gasteiger charge is -2.51.